The number of anilines is 1. The van der Waals surface area contributed by atoms with Crippen LogP contribution in [0.4, 0.5) is 10.1 Å². The minimum Gasteiger partial charge on any atom is -0.383 e. The van der Waals surface area contributed by atoms with E-state index in [0.29, 0.717) is 10.9 Å². The number of aromatic nitrogens is 2. The molecule has 1 N–H and O–H groups in total. The topological polar surface area (TPSA) is 58.9 Å². The molecule has 1 aromatic carbocycles. The lowest BCUT2D eigenvalue weighted by Gasteiger charge is -2.26. The highest BCUT2D eigenvalue weighted by Gasteiger charge is 2.23. The molecule has 7 heteroatoms. The van der Waals surface area contributed by atoms with Crippen molar-refractivity contribution in [3.8, 4) is 0 Å². The Bertz CT molecular complexity index is 1070. The average molecular weight is 368 g/mol. The van der Waals surface area contributed by atoms with Gasteiger partial charge in [0.05, 0.1) is 35.3 Å². The number of fused-ring (bicyclic) bond motifs is 2. The highest BCUT2D eigenvalue weighted by molar-refractivity contribution is 6.02. The third-order valence-electron chi connectivity index (χ3n) is 5.49. The predicted octanol–water partition coefficient (Wildman–Crippen LogP) is 1.94. The minimum atomic E-state index is -1.12. The third-order valence-corrected chi connectivity index (χ3v) is 5.49. The zero-order valence-electron chi connectivity index (χ0n) is 14.9. The molecule has 0 bridgehead atoms. The summed E-state index contributed by atoms with van der Waals surface area (Å²) in [5.74, 6) is 0. The van der Waals surface area contributed by atoms with Gasteiger partial charge in [0.1, 0.15) is 12.5 Å². The molecule has 2 aromatic heterocycles. The molecule has 2 aliphatic rings. The number of nitrogens with one attached hydrogen (secondary N) is 1. The first-order valence-electron chi connectivity index (χ1n) is 9.37. The molecule has 0 radical (unpaired) electrons. The molecule has 1 fully saturated rings. The molecular weight excluding hydrogens is 347 g/mol. The highest BCUT2D eigenvalue weighted by Crippen LogP contribution is 2.30. The Balaban J connectivity index is 1.54. The lowest BCUT2D eigenvalue weighted by molar-refractivity contribution is 0.0398. The van der Waals surface area contributed by atoms with Crippen LogP contribution in [0.15, 0.2) is 29.3 Å². The zero-order chi connectivity index (χ0) is 18.4. The Kier molecular flexibility index (Phi) is 4.06. The summed E-state index contributed by atoms with van der Waals surface area (Å²) in [5.41, 5.74) is 3.55. The monoisotopic (exact) mass is 368 g/mol. The van der Waals surface area contributed by atoms with Crippen LogP contribution in [-0.2, 0) is 11.2 Å². The quantitative estimate of drug-likeness (QED) is 0.763. The van der Waals surface area contributed by atoms with E-state index in [9.17, 15) is 9.18 Å². The van der Waals surface area contributed by atoms with E-state index in [1.165, 1.54) is 6.08 Å². The Labute approximate surface area is 155 Å². The predicted molar refractivity (Wildman–Crippen MR) is 104 cm³/mol. The van der Waals surface area contributed by atoms with Crippen LogP contribution in [0.1, 0.15) is 11.3 Å². The van der Waals surface area contributed by atoms with E-state index in [1.54, 1.807) is 12.4 Å². The smallest absolute Gasteiger partial charge is 0.195 e. The lowest BCUT2D eigenvalue weighted by atomic mass is 9.97. The fourth-order valence-corrected chi connectivity index (χ4v) is 4.09. The van der Waals surface area contributed by atoms with Gasteiger partial charge in [0.2, 0.25) is 0 Å². The van der Waals surface area contributed by atoms with Crippen LogP contribution in [0.3, 0.4) is 0 Å². The number of nitrogens with zero attached hydrogens (tertiary/aromatic N) is 3. The van der Waals surface area contributed by atoms with Crippen molar-refractivity contribution >= 4 is 28.2 Å². The van der Waals surface area contributed by atoms with Gasteiger partial charge in [-0.25, -0.2) is 9.37 Å². The first kappa shape index (κ1) is 16.6. The number of hydrogen-bond acceptors (Lipinski definition) is 5. The fraction of sp³-hybridized carbons (Fsp3) is 0.400. The van der Waals surface area contributed by atoms with Gasteiger partial charge in [-0.05, 0) is 24.3 Å². The molecule has 1 saturated heterocycles. The molecule has 27 heavy (non-hydrogen) atoms. The maximum Gasteiger partial charge on any atom is 0.195 e. The summed E-state index contributed by atoms with van der Waals surface area (Å²) in [6, 6.07) is 3.83. The second-order valence-corrected chi connectivity index (χ2v) is 7.12. The van der Waals surface area contributed by atoms with Gasteiger partial charge >= 0.3 is 0 Å². The molecule has 3 heterocycles. The largest absolute Gasteiger partial charge is 0.383 e. The standard InChI is InChI=1S/C20H21FN4O2/c21-13-1-4-17-14(11-13)20(26)18-15(2-3-16-19(18)25(17)12-23-16)22-5-6-24-7-9-27-10-8-24/h1-4,12-13,22H,5-11H2. The van der Waals surface area contributed by atoms with Crippen LogP contribution in [0.25, 0.3) is 22.5 Å². The Hall–Kier alpha value is -2.51. The second-order valence-electron chi connectivity index (χ2n) is 7.12. The number of imidazole rings is 1. The summed E-state index contributed by atoms with van der Waals surface area (Å²) in [6.45, 7) is 5.02. The molecule has 0 spiro atoms. The zero-order valence-corrected chi connectivity index (χ0v) is 14.9. The Morgan fingerprint density at radius 3 is 3.00 bits per heavy atom. The van der Waals surface area contributed by atoms with E-state index < -0.39 is 6.17 Å². The van der Waals surface area contributed by atoms with E-state index in [4.69, 9.17) is 4.74 Å². The SMILES string of the molecule is O=c1c2c(n3cnc4ccc(NCCN5CCOCC5)c1c43)C=CC(F)C2. The van der Waals surface area contributed by atoms with Crippen LogP contribution < -0.4 is 10.7 Å². The van der Waals surface area contributed by atoms with Crippen molar-refractivity contribution in [3.05, 3.63) is 46.0 Å². The Morgan fingerprint density at radius 2 is 2.15 bits per heavy atom. The van der Waals surface area contributed by atoms with E-state index in [-0.39, 0.29) is 11.8 Å². The summed E-state index contributed by atoms with van der Waals surface area (Å²) in [4.78, 5) is 20.0. The van der Waals surface area contributed by atoms with E-state index in [0.717, 1.165) is 61.8 Å². The van der Waals surface area contributed by atoms with Crippen molar-refractivity contribution in [2.45, 2.75) is 12.6 Å². The molecule has 6 nitrogen and oxygen atoms in total. The van der Waals surface area contributed by atoms with Crippen LogP contribution in [0, 0.1) is 0 Å². The number of halogens is 1. The number of allylic oxidation sites excluding steroid dienone is 1. The number of hydrogen-bond donors (Lipinski definition) is 1. The van der Waals surface area contributed by atoms with Crippen molar-refractivity contribution in [2.24, 2.45) is 0 Å². The second kappa shape index (κ2) is 6.58. The van der Waals surface area contributed by atoms with E-state index in [2.05, 4.69) is 15.2 Å². The molecule has 1 aliphatic carbocycles. The van der Waals surface area contributed by atoms with Gasteiger partial charge in [0.25, 0.3) is 0 Å². The molecule has 3 aromatic rings. The van der Waals surface area contributed by atoms with Gasteiger partial charge in [-0.3, -0.25) is 14.1 Å². The first-order valence-corrected chi connectivity index (χ1v) is 9.37. The van der Waals surface area contributed by atoms with Gasteiger partial charge in [-0.2, -0.15) is 0 Å². The summed E-state index contributed by atoms with van der Waals surface area (Å²) < 4.78 is 21.2. The molecule has 5 rings (SSSR count). The number of rotatable bonds is 4. The molecule has 1 atom stereocenters. The van der Waals surface area contributed by atoms with Gasteiger partial charge in [-0.15, -0.1) is 0 Å². The molecular formula is C20H21FN4O2. The number of ether oxygens (including phenoxy) is 1. The molecule has 1 aliphatic heterocycles. The molecule has 0 amide bonds. The van der Waals surface area contributed by atoms with Gasteiger partial charge in [0.15, 0.2) is 5.43 Å². The van der Waals surface area contributed by atoms with Crippen LogP contribution in [0.5, 0.6) is 0 Å². The highest BCUT2D eigenvalue weighted by atomic mass is 19.1. The maximum atomic E-state index is 13.9. The molecule has 1 unspecified atom stereocenters. The first-order chi connectivity index (χ1) is 13.2. The third kappa shape index (κ3) is 2.78. The minimum absolute atomic E-state index is 0.0931. The normalized spacial score (nSPS) is 20.4. The van der Waals surface area contributed by atoms with Gasteiger partial charge in [0, 0.05) is 43.9 Å². The van der Waals surface area contributed by atoms with Crippen molar-refractivity contribution in [1.29, 1.82) is 0 Å². The van der Waals surface area contributed by atoms with Crippen LogP contribution in [0.2, 0.25) is 0 Å². The number of morpholine rings is 1. The fourth-order valence-electron chi connectivity index (χ4n) is 4.09. The van der Waals surface area contributed by atoms with Gasteiger partial charge < -0.3 is 10.1 Å². The summed E-state index contributed by atoms with van der Waals surface area (Å²) in [7, 11) is 0. The lowest BCUT2D eigenvalue weighted by Crippen LogP contribution is -2.39. The van der Waals surface area contributed by atoms with Crippen molar-refractivity contribution in [3.63, 3.8) is 0 Å². The number of alkyl halides is 1. The number of pyridine rings is 1. The van der Waals surface area contributed by atoms with Crippen LogP contribution in [-0.4, -0.2) is 59.8 Å². The van der Waals surface area contributed by atoms with Gasteiger partial charge in [-0.1, -0.05) is 0 Å². The van der Waals surface area contributed by atoms with Crippen molar-refractivity contribution in [1.82, 2.24) is 14.3 Å². The molecule has 0 saturated carbocycles. The Morgan fingerprint density at radius 1 is 1.30 bits per heavy atom. The molecule has 140 valence electrons. The van der Waals surface area contributed by atoms with E-state index >= 15 is 0 Å². The number of benzene rings is 1. The summed E-state index contributed by atoms with van der Waals surface area (Å²) in [6.07, 6.45) is 3.93. The summed E-state index contributed by atoms with van der Waals surface area (Å²) in [5, 5.41) is 4.02. The van der Waals surface area contributed by atoms with Crippen LogP contribution >= 0.6 is 0 Å². The van der Waals surface area contributed by atoms with E-state index in [1.807, 2.05) is 16.5 Å². The van der Waals surface area contributed by atoms with Crippen molar-refractivity contribution < 1.29 is 9.13 Å². The summed E-state index contributed by atoms with van der Waals surface area (Å²) >= 11 is 0. The van der Waals surface area contributed by atoms with Crippen molar-refractivity contribution in [2.75, 3.05) is 44.7 Å². The average Bonchev–Trinajstić information content (AvgIpc) is 3.12. The maximum absolute atomic E-state index is 13.9.